The summed E-state index contributed by atoms with van der Waals surface area (Å²) in [5.74, 6) is 0. The van der Waals surface area contributed by atoms with Gasteiger partial charge in [0.25, 0.3) is 0 Å². The van der Waals surface area contributed by atoms with Gasteiger partial charge in [-0.2, -0.15) is 0 Å². The van der Waals surface area contributed by atoms with Crippen LogP contribution in [0.5, 0.6) is 0 Å². The molecule has 0 aromatic carbocycles. The molecule has 1 aliphatic heterocycles. The molecule has 0 aromatic heterocycles. The van der Waals surface area contributed by atoms with Crippen molar-refractivity contribution in [3.05, 3.63) is 5.32 Å². The van der Waals surface area contributed by atoms with E-state index in [1.54, 1.807) is 0 Å². The molecule has 1 heterocycles. The summed E-state index contributed by atoms with van der Waals surface area (Å²) >= 11 is 0. The van der Waals surface area contributed by atoms with E-state index in [0.29, 0.717) is 6.61 Å². The smallest absolute Gasteiger partial charge is 0.612 e. The van der Waals surface area contributed by atoms with E-state index in [1.165, 1.54) is 0 Å². The Bertz CT molecular complexity index is 96.0. The summed E-state index contributed by atoms with van der Waals surface area (Å²) in [7, 11) is 0. The van der Waals surface area contributed by atoms with Crippen LogP contribution in [0.15, 0.2) is 0 Å². The summed E-state index contributed by atoms with van der Waals surface area (Å²) in [5, 5.41) is 3.53. The fraction of sp³-hybridized carbons (Fsp3) is 0.750. The minimum atomic E-state index is -0.424. The van der Waals surface area contributed by atoms with Crippen molar-refractivity contribution < 1.29 is 28.4 Å². The van der Waals surface area contributed by atoms with Crippen LogP contribution in [0, 0.1) is 0 Å². The van der Waals surface area contributed by atoms with Gasteiger partial charge in [0.2, 0.25) is 6.09 Å². The quantitative estimate of drug-likeness (QED) is 0.333. The van der Waals surface area contributed by atoms with Crippen LogP contribution in [0.25, 0.3) is 5.32 Å². The third-order valence-electron chi connectivity index (χ3n) is 0.774. The van der Waals surface area contributed by atoms with Gasteiger partial charge in [-0.25, -0.2) is 0 Å². The molecule has 1 fully saturated rings. The van der Waals surface area contributed by atoms with Crippen molar-refractivity contribution in [3.63, 3.8) is 0 Å². The zero-order valence-electron chi connectivity index (χ0n) is 5.05. The van der Waals surface area contributed by atoms with Crippen LogP contribution >= 0.6 is 0 Å². The molecule has 0 radical (unpaired) electrons. The molecule has 1 atom stereocenters. The molecular weight excluding hydrogens is 101 g/mol. The number of amides is 1. The molecule has 40 valence electrons. The topological polar surface area (TPSA) is 40.4 Å². The molecule has 8 heavy (non-hydrogen) atoms. The van der Waals surface area contributed by atoms with Crippen molar-refractivity contribution in [1.82, 2.24) is 0 Å². The fourth-order valence-electron chi connectivity index (χ4n) is 0.446. The zero-order valence-corrected chi connectivity index (χ0v) is 5.05. The second-order valence-corrected chi connectivity index (χ2v) is 1.56. The maximum Gasteiger partial charge on any atom is 1.00 e. The molecule has 0 saturated carbocycles. The molecule has 0 aliphatic carbocycles. The maximum absolute atomic E-state index is 10.1. The molecule has 0 unspecified atom stereocenters. The molecular formula is C4H6LiNO2. The predicted octanol–water partition coefficient (Wildman–Crippen LogP) is -2.10. The minimum absolute atomic E-state index is 0. The van der Waals surface area contributed by atoms with Crippen LogP contribution in [-0.2, 0) is 4.74 Å². The van der Waals surface area contributed by atoms with Crippen molar-refractivity contribution in [2.24, 2.45) is 0 Å². The molecule has 0 bridgehead atoms. The van der Waals surface area contributed by atoms with Crippen LogP contribution in [0.3, 0.4) is 0 Å². The van der Waals surface area contributed by atoms with Crippen molar-refractivity contribution in [2.75, 3.05) is 6.61 Å². The SMILES string of the molecule is C[C@H]1COC(=O)[N-]1.[Li+]. The molecule has 1 rings (SSSR count). The number of nitrogens with zero attached hydrogens (tertiary/aromatic N) is 1. The van der Waals surface area contributed by atoms with Gasteiger partial charge in [0.15, 0.2) is 0 Å². The first-order valence-electron chi connectivity index (χ1n) is 2.16. The number of carbonyl (C=O) groups excluding carboxylic acids is 1. The largest absolute Gasteiger partial charge is 1.00 e. The summed E-state index contributed by atoms with van der Waals surface area (Å²) in [4.78, 5) is 10.1. The number of hydrogen-bond donors (Lipinski definition) is 0. The van der Waals surface area contributed by atoms with Gasteiger partial charge < -0.3 is 10.1 Å². The van der Waals surface area contributed by atoms with Crippen molar-refractivity contribution in [3.8, 4) is 0 Å². The van der Waals surface area contributed by atoms with Gasteiger partial charge in [0, 0.05) is 0 Å². The Kier molecular flexibility index (Phi) is 2.96. The normalized spacial score (nSPS) is 25.6. The standard InChI is InChI=1S/C4H7NO2.Li/c1-3-2-7-4(6)5-3;/h3H,2H2,1H3,(H,5,6);/q;+1/p-1/t3-;/m0./s1. The number of carbonyl (C=O) groups is 1. The molecule has 4 heteroatoms. The second kappa shape index (κ2) is 3.01. The summed E-state index contributed by atoms with van der Waals surface area (Å²) < 4.78 is 4.46. The van der Waals surface area contributed by atoms with Crippen LogP contribution < -0.4 is 18.9 Å². The van der Waals surface area contributed by atoms with Gasteiger partial charge >= 0.3 is 18.9 Å². The Morgan fingerprint density at radius 2 is 2.50 bits per heavy atom. The van der Waals surface area contributed by atoms with Crippen molar-refractivity contribution in [1.29, 1.82) is 0 Å². The summed E-state index contributed by atoms with van der Waals surface area (Å²) in [6.45, 7) is 2.30. The molecule has 1 saturated heterocycles. The molecule has 0 aromatic rings. The van der Waals surface area contributed by atoms with Crippen LogP contribution in [0.4, 0.5) is 4.79 Å². The van der Waals surface area contributed by atoms with E-state index in [4.69, 9.17) is 0 Å². The molecule has 0 N–H and O–H groups in total. The van der Waals surface area contributed by atoms with Gasteiger partial charge in [-0.05, 0) is 0 Å². The zero-order chi connectivity index (χ0) is 5.28. The second-order valence-electron chi connectivity index (χ2n) is 1.56. The molecule has 1 amide bonds. The van der Waals surface area contributed by atoms with Gasteiger partial charge in [0.05, 0.1) is 6.61 Å². The van der Waals surface area contributed by atoms with E-state index in [1.807, 2.05) is 6.92 Å². The third-order valence-corrected chi connectivity index (χ3v) is 0.774. The van der Waals surface area contributed by atoms with E-state index in [9.17, 15) is 4.79 Å². The van der Waals surface area contributed by atoms with E-state index < -0.39 is 6.09 Å². The monoisotopic (exact) mass is 107 g/mol. The first-order chi connectivity index (χ1) is 3.29. The van der Waals surface area contributed by atoms with Gasteiger partial charge in [0.1, 0.15) is 0 Å². The first-order valence-corrected chi connectivity index (χ1v) is 2.16. The van der Waals surface area contributed by atoms with Gasteiger partial charge in [-0.1, -0.05) is 13.0 Å². The Hall–Kier alpha value is -0.133. The van der Waals surface area contributed by atoms with Crippen LogP contribution in [0.1, 0.15) is 6.92 Å². The number of hydrogen-bond acceptors (Lipinski definition) is 2. The Labute approximate surface area is 60.0 Å². The summed E-state index contributed by atoms with van der Waals surface area (Å²) in [6, 6.07) is 0.0764. The van der Waals surface area contributed by atoms with E-state index in [-0.39, 0.29) is 24.9 Å². The van der Waals surface area contributed by atoms with Gasteiger partial charge in [-0.15, -0.1) is 0 Å². The van der Waals surface area contributed by atoms with Crippen LogP contribution in [-0.4, -0.2) is 18.7 Å². The fourth-order valence-corrected chi connectivity index (χ4v) is 0.446. The molecule has 1 aliphatic rings. The Morgan fingerprint density at radius 1 is 1.88 bits per heavy atom. The molecule has 3 nitrogen and oxygen atoms in total. The number of rotatable bonds is 0. The van der Waals surface area contributed by atoms with Crippen molar-refractivity contribution >= 4 is 6.09 Å². The third kappa shape index (κ3) is 1.77. The minimum Gasteiger partial charge on any atom is -0.612 e. The molecule has 0 spiro atoms. The Balaban J connectivity index is 0.000000490. The average molecular weight is 107 g/mol. The van der Waals surface area contributed by atoms with E-state index in [2.05, 4.69) is 10.1 Å². The van der Waals surface area contributed by atoms with Crippen molar-refractivity contribution in [2.45, 2.75) is 13.0 Å². The van der Waals surface area contributed by atoms with Crippen LogP contribution in [0.2, 0.25) is 0 Å². The number of cyclic esters (lactones) is 1. The van der Waals surface area contributed by atoms with Gasteiger partial charge in [-0.3, -0.25) is 4.79 Å². The van der Waals surface area contributed by atoms with E-state index in [0.717, 1.165) is 0 Å². The maximum atomic E-state index is 10.1. The average Bonchev–Trinajstić information content (AvgIpc) is 1.87. The Morgan fingerprint density at radius 3 is 2.62 bits per heavy atom. The summed E-state index contributed by atoms with van der Waals surface area (Å²) in [6.07, 6.45) is -0.424. The van der Waals surface area contributed by atoms with E-state index >= 15 is 0 Å². The first kappa shape index (κ1) is 7.87. The summed E-state index contributed by atoms with van der Waals surface area (Å²) in [5.41, 5.74) is 0. The number of ether oxygens (including phenoxy) is 1. The predicted molar refractivity (Wildman–Crippen MR) is 24.2 cm³/mol.